The fourth-order valence-corrected chi connectivity index (χ4v) is 4.45. The van der Waals surface area contributed by atoms with Gasteiger partial charge in [0.15, 0.2) is 0 Å². The molecule has 148 valence electrons. The van der Waals surface area contributed by atoms with Crippen LogP contribution in [-0.2, 0) is 24.1 Å². The summed E-state index contributed by atoms with van der Waals surface area (Å²) in [6.07, 6.45) is -2.20. The van der Waals surface area contributed by atoms with E-state index in [-0.39, 0.29) is 19.1 Å². The molecule has 0 radical (unpaired) electrons. The van der Waals surface area contributed by atoms with E-state index in [0.29, 0.717) is 17.9 Å². The molecule has 2 aromatic carbocycles. The van der Waals surface area contributed by atoms with Crippen LogP contribution in [0.25, 0.3) is 0 Å². The molecule has 1 amide bonds. The summed E-state index contributed by atoms with van der Waals surface area (Å²) < 4.78 is 38.5. The summed E-state index contributed by atoms with van der Waals surface area (Å²) in [6, 6.07) is 12.0. The van der Waals surface area contributed by atoms with Gasteiger partial charge in [-0.05, 0) is 54.0 Å². The molecule has 0 saturated heterocycles. The van der Waals surface area contributed by atoms with Crippen molar-refractivity contribution in [2.75, 3.05) is 18.4 Å². The molecule has 2 aliphatic rings. The maximum absolute atomic E-state index is 12.8. The van der Waals surface area contributed by atoms with E-state index in [9.17, 15) is 18.0 Å². The Balaban J connectivity index is 1.60. The molecule has 7 heteroatoms. The number of carbonyl (C=O) groups excluding carboxylic acids is 1. The van der Waals surface area contributed by atoms with Crippen LogP contribution in [0.5, 0.6) is 0 Å². The topological polar surface area (TPSA) is 32.3 Å². The average Bonchev–Trinajstić information content (AvgIpc) is 2.94. The molecule has 0 saturated carbocycles. The number of alkyl halides is 3. The predicted octanol–water partition coefficient (Wildman–Crippen LogP) is 4.93. The number of aryl methyl sites for hydroxylation is 1. The summed E-state index contributed by atoms with van der Waals surface area (Å²) in [5.41, 5.74) is 5.17. The molecule has 1 heterocycles. The van der Waals surface area contributed by atoms with Crippen molar-refractivity contribution >= 4 is 23.2 Å². The summed E-state index contributed by atoms with van der Waals surface area (Å²) in [5.74, 6) is -1.77. The number of nitrogens with zero attached hydrogens (tertiary/aromatic N) is 1. The van der Waals surface area contributed by atoms with E-state index >= 15 is 0 Å². The summed E-state index contributed by atoms with van der Waals surface area (Å²) in [5, 5.41) is 4.09. The van der Waals surface area contributed by atoms with E-state index in [1.54, 1.807) is 6.07 Å². The number of rotatable bonds is 2. The van der Waals surface area contributed by atoms with Crippen LogP contribution in [0.2, 0.25) is 5.02 Å². The molecular weight excluding hydrogens is 389 g/mol. The molecule has 3 nitrogen and oxygen atoms in total. The van der Waals surface area contributed by atoms with Gasteiger partial charge in [-0.3, -0.25) is 4.79 Å². The van der Waals surface area contributed by atoms with Crippen molar-refractivity contribution in [1.29, 1.82) is 0 Å². The first-order valence-corrected chi connectivity index (χ1v) is 9.73. The van der Waals surface area contributed by atoms with Gasteiger partial charge >= 0.3 is 12.1 Å². The molecule has 1 aliphatic carbocycles. The van der Waals surface area contributed by atoms with Crippen molar-refractivity contribution < 1.29 is 18.0 Å². The predicted molar refractivity (Wildman–Crippen MR) is 103 cm³/mol. The lowest BCUT2D eigenvalue weighted by Crippen LogP contribution is -2.42. The van der Waals surface area contributed by atoms with Crippen LogP contribution in [0.4, 0.5) is 18.9 Å². The molecular formula is C21H20ClF3N2O. The van der Waals surface area contributed by atoms with Crippen molar-refractivity contribution in [1.82, 2.24) is 4.90 Å². The molecule has 28 heavy (non-hydrogen) atoms. The molecule has 0 spiro atoms. The monoisotopic (exact) mass is 408 g/mol. The van der Waals surface area contributed by atoms with E-state index in [4.69, 9.17) is 11.6 Å². The third-order valence-electron chi connectivity index (χ3n) is 5.62. The fourth-order valence-electron chi connectivity index (χ4n) is 4.22. The number of anilines is 1. The number of nitrogens with one attached hydrogen (secondary N) is 1. The van der Waals surface area contributed by atoms with Gasteiger partial charge in [-0.15, -0.1) is 0 Å². The SMILES string of the molecule is O=C(N1CCc2ccc(Cl)c(NC3CCc4ccccc43)c2CC1)C(F)(F)F. The van der Waals surface area contributed by atoms with Gasteiger partial charge in [-0.1, -0.05) is 41.9 Å². The second kappa shape index (κ2) is 7.32. The largest absolute Gasteiger partial charge is 0.471 e. The zero-order valence-corrected chi connectivity index (χ0v) is 15.9. The van der Waals surface area contributed by atoms with Crippen molar-refractivity contribution in [3.8, 4) is 0 Å². The Kier molecular flexibility index (Phi) is 5.00. The average molecular weight is 409 g/mol. The van der Waals surface area contributed by atoms with E-state index in [2.05, 4.69) is 17.4 Å². The molecule has 1 unspecified atom stereocenters. The maximum Gasteiger partial charge on any atom is 0.471 e. The van der Waals surface area contributed by atoms with Crippen LogP contribution < -0.4 is 5.32 Å². The van der Waals surface area contributed by atoms with Gasteiger partial charge in [0.25, 0.3) is 0 Å². The van der Waals surface area contributed by atoms with E-state index in [1.165, 1.54) is 11.1 Å². The van der Waals surface area contributed by atoms with Crippen LogP contribution in [-0.4, -0.2) is 30.1 Å². The minimum atomic E-state index is -4.84. The number of halogens is 4. The highest BCUT2D eigenvalue weighted by atomic mass is 35.5. The first kappa shape index (κ1) is 19.1. The van der Waals surface area contributed by atoms with Crippen LogP contribution in [0.1, 0.15) is 34.7 Å². The highest BCUT2D eigenvalue weighted by Gasteiger charge is 2.42. The summed E-state index contributed by atoms with van der Waals surface area (Å²) >= 11 is 6.47. The Morgan fingerprint density at radius 1 is 1.04 bits per heavy atom. The third-order valence-corrected chi connectivity index (χ3v) is 5.94. The zero-order chi connectivity index (χ0) is 19.9. The molecule has 0 bridgehead atoms. The van der Waals surface area contributed by atoms with E-state index in [0.717, 1.165) is 34.6 Å². The number of fused-ring (bicyclic) bond motifs is 2. The van der Waals surface area contributed by atoms with Gasteiger partial charge in [0, 0.05) is 13.1 Å². The van der Waals surface area contributed by atoms with Crippen LogP contribution in [0, 0.1) is 0 Å². The summed E-state index contributed by atoms with van der Waals surface area (Å²) in [6.45, 7) is 0.0836. The van der Waals surface area contributed by atoms with Gasteiger partial charge in [0.2, 0.25) is 0 Å². The summed E-state index contributed by atoms with van der Waals surface area (Å²) in [7, 11) is 0. The number of hydrogen-bond donors (Lipinski definition) is 1. The van der Waals surface area contributed by atoms with E-state index in [1.807, 2.05) is 18.2 Å². The highest BCUT2D eigenvalue weighted by Crippen LogP contribution is 2.39. The Morgan fingerprint density at radius 3 is 2.57 bits per heavy atom. The molecule has 1 N–H and O–H groups in total. The standard InChI is InChI=1S/C21H20ClF3N2O/c22-17-7-5-14-9-11-27(20(28)21(23,24)25)12-10-16(14)19(17)26-18-8-6-13-3-1-2-4-15(13)18/h1-5,7,18,26H,6,8-12H2. The molecule has 4 rings (SSSR count). The van der Waals surface area contributed by atoms with Crippen molar-refractivity contribution in [3.05, 3.63) is 63.7 Å². The Bertz CT molecular complexity index is 913. The molecule has 2 aromatic rings. The van der Waals surface area contributed by atoms with Gasteiger partial charge in [-0.25, -0.2) is 0 Å². The second-order valence-electron chi connectivity index (χ2n) is 7.28. The lowest BCUT2D eigenvalue weighted by molar-refractivity contribution is -0.185. The first-order chi connectivity index (χ1) is 13.3. The molecule has 1 atom stereocenters. The highest BCUT2D eigenvalue weighted by molar-refractivity contribution is 6.33. The number of benzene rings is 2. The Morgan fingerprint density at radius 2 is 1.79 bits per heavy atom. The van der Waals surface area contributed by atoms with Crippen LogP contribution in [0.15, 0.2) is 36.4 Å². The van der Waals surface area contributed by atoms with E-state index < -0.39 is 12.1 Å². The summed E-state index contributed by atoms with van der Waals surface area (Å²) in [4.78, 5) is 12.5. The number of amides is 1. The van der Waals surface area contributed by atoms with Crippen molar-refractivity contribution in [3.63, 3.8) is 0 Å². The minimum absolute atomic E-state index is 0.0294. The molecule has 0 fully saturated rings. The van der Waals surface area contributed by atoms with Gasteiger partial charge in [0.1, 0.15) is 0 Å². The molecule has 1 aliphatic heterocycles. The number of hydrogen-bond acceptors (Lipinski definition) is 2. The zero-order valence-electron chi connectivity index (χ0n) is 15.2. The smallest absolute Gasteiger partial charge is 0.377 e. The van der Waals surface area contributed by atoms with Crippen LogP contribution >= 0.6 is 11.6 Å². The lowest BCUT2D eigenvalue weighted by Gasteiger charge is -2.22. The number of carbonyl (C=O) groups is 1. The normalized spacial score (nSPS) is 19.0. The minimum Gasteiger partial charge on any atom is -0.377 e. The molecule has 0 aromatic heterocycles. The van der Waals surface area contributed by atoms with Gasteiger partial charge in [-0.2, -0.15) is 13.2 Å². The third kappa shape index (κ3) is 3.58. The Labute approximate surface area is 166 Å². The second-order valence-corrected chi connectivity index (χ2v) is 7.69. The maximum atomic E-state index is 12.8. The van der Waals surface area contributed by atoms with Gasteiger partial charge < -0.3 is 10.2 Å². The quantitative estimate of drug-likeness (QED) is 0.764. The lowest BCUT2D eigenvalue weighted by atomic mass is 9.99. The van der Waals surface area contributed by atoms with Crippen molar-refractivity contribution in [2.24, 2.45) is 0 Å². The first-order valence-electron chi connectivity index (χ1n) is 9.35. The Hall–Kier alpha value is -2.21. The van der Waals surface area contributed by atoms with Crippen molar-refractivity contribution in [2.45, 2.75) is 37.9 Å². The van der Waals surface area contributed by atoms with Gasteiger partial charge in [0.05, 0.1) is 16.8 Å². The fraction of sp³-hybridized carbons (Fsp3) is 0.381. The van der Waals surface area contributed by atoms with Crippen LogP contribution in [0.3, 0.4) is 0 Å².